The first-order valence-corrected chi connectivity index (χ1v) is 25.4. The van der Waals surface area contributed by atoms with Gasteiger partial charge in [0, 0.05) is 33.7 Å². The zero-order chi connectivity index (χ0) is 54.6. The van der Waals surface area contributed by atoms with Crippen LogP contribution in [0.25, 0.3) is 31.3 Å². The van der Waals surface area contributed by atoms with Gasteiger partial charge in [0.05, 0.1) is 72.5 Å². The number of ketones is 1. The van der Waals surface area contributed by atoms with Crippen molar-refractivity contribution in [3.05, 3.63) is 67.2 Å². The van der Waals surface area contributed by atoms with Gasteiger partial charge in [-0.15, -0.1) is 0 Å². The number of methoxy groups -OCH3 is 1. The third kappa shape index (κ3) is 13.4. The van der Waals surface area contributed by atoms with E-state index in [1.165, 1.54) is 14.0 Å². The Morgan fingerprint density at radius 1 is 0.581 bits per heavy atom. The van der Waals surface area contributed by atoms with Gasteiger partial charge in [-0.05, 0) is 85.5 Å². The molecule has 5 fully saturated rings. The number of benzene rings is 1. The molecule has 0 aliphatic carbocycles. The van der Waals surface area contributed by atoms with Gasteiger partial charge in [-0.3, -0.25) is 4.79 Å². The summed E-state index contributed by atoms with van der Waals surface area (Å²) in [6.07, 6.45) is -12.7. The first-order valence-electron chi connectivity index (χ1n) is 25.4. The molecule has 5 saturated heterocycles. The number of hydrogen-bond acceptors (Lipinski definition) is 19. The number of hydrogen-bond donors (Lipinski definition) is 1. The highest BCUT2D eigenvalue weighted by Crippen LogP contribution is 2.43. The Morgan fingerprint density at radius 3 is 1.54 bits per heavy atom. The first kappa shape index (κ1) is 60.1. The summed E-state index contributed by atoms with van der Waals surface area (Å²) < 4.78 is 70.4. The van der Waals surface area contributed by atoms with E-state index in [1.54, 1.807) is 44.2 Å². The van der Waals surface area contributed by atoms with Crippen LogP contribution in [0.2, 0.25) is 0 Å². The fourth-order valence-corrected chi connectivity index (χ4v) is 10.9. The van der Waals surface area contributed by atoms with Gasteiger partial charge in [0.25, 0.3) is 0 Å². The van der Waals surface area contributed by atoms with Crippen molar-refractivity contribution in [1.29, 1.82) is 0 Å². The minimum Gasteiger partial charge on any atom is -0.453 e. The number of nitrogens with zero attached hydrogens (tertiary/aromatic N) is 9. The lowest BCUT2D eigenvalue weighted by molar-refractivity contribution is -0.360. The number of ether oxygens (including phenoxy) is 11. The van der Waals surface area contributed by atoms with E-state index in [2.05, 4.69) is 30.1 Å². The minimum atomic E-state index is -1.34. The molecule has 0 amide bonds. The van der Waals surface area contributed by atoms with Crippen LogP contribution in [-0.2, 0) is 66.5 Å². The van der Waals surface area contributed by atoms with E-state index < -0.39 is 140 Å². The predicted octanol–water partition coefficient (Wildman–Crippen LogP) is 7.49. The van der Waals surface area contributed by atoms with Gasteiger partial charge in [-0.1, -0.05) is 95.9 Å². The van der Waals surface area contributed by atoms with Crippen molar-refractivity contribution in [1.82, 2.24) is 0 Å². The maximum atomic E-state index is 13.8. The van der Waals surface area contributed by atoms with Gasteiger partial charge < -0.3 is 57.2 Å². The largest absolute Gasteiger partial charge is 0.453 e. The number of esters is 1. The van der Waals surface area contributed by atoms with Crippen molar-refractivity contribution in [3.63, 3.8) is 0 Å². The normalized spacial score (nSPS) is 42.0. The van der Waals surface area contributed by atoms with Crippen LogP contribution in [0, 0.1) is 35.5 Å². The summed E-state index contributed by atoms with van der Waals surface area (Å²) in [7, 11) is 1.48. The molecule has 6 rings (SSSR count). The van der Waals surface area contributed by atoms with Gasteiger partial charge in [0.2, 0.25) is 0 Å². The summed E-state index contributed by atoms with van der Waals surface area (Å²) in [5.41, 5.74) is 29.1. The highest BCUT2D eigenvalue weighted by atomic mass is 16.8. The minimum absolute atomic E-state index is 0.0658. The molecule has 0 spiro atoms. The highest BCUT2D eigenvalue weighted by Gasteiger charge is 2.55. The second-order valence-corrected chi connectivity index (χ2v) is 19.8. The fraction of sp³-hybridized carbons (Fsp3) is 0.816. The van der Waals surface area contributed by atoms with Crippen LogP contribution >= 0.6 is 0 Å². The predicted molar refractivity (Wildman–Crippen MR) is 257 cm³/mol. The number of carbonyl (C=O) groups is 2. The average molecular weight is 1040 g/mol. The molecule has 1 aromatic rings. The number of rotatable bonds is 18. The smallest absolute Gasteiger partial charge is 0.373 e. The van der Waals surface area contributed by atoms with Crippen LogP contribution in [0.3, 0.4) is 0 Å². The van der Waals surface area contributed by atoms with Gasteiger partial charge in [-0.2, -0.15) is 9.59 Å². The Labute approximate surface area is 430 Å². The summed E-state index contributed by atoms with van der Waals surface area (Å²) in [6.45, 7) is 20.2. The Bertz CT molecular complexity index is 2180. The third-order valence-electron chi connectivity index (χ3n) is 15.4. The Balaban J connectivity index is 0.00000330. The lowest BCUT2D eigenvalue weighted by Crippen LogP contribution is -2.63. The van der Waals surface area contributed by atoms with Gasteiger partial charge in [0.15, 0.2) is 43.3 Å². The van der Waals surface area contributed by atoms with E-state index in [0.29, 0.717) is 24.8 Å². The Kier molecular flexibility index (Phi) is 22.6. The zero-order valence-electron chi connectivity index (χ0n) is 44.0. The zero-order valence-corrected chi connectivity index (χ0v) is 44.0. The molecule has 1 aromatic carbocycles. The molecule has 1 N–H and O–H groups in total. The molecule has 25 heteroatoms. The second kappa shape index (κ2) is 27.8. The van der Waals surface area contributed by atoms with E-state index >= 15 is 0 Å². The highest BCUT2D eigenvalue weighted by molar-refractivity contribution is 5.89. The lowest BCUT2D eigenvalue weighted by atomic mass is 9.81. The quantitative estimate of drug-likeness (QED) is 0.0643. The van der Waals surface area contributed by atoms with Crippen LogP contribution in [0.1, 0.15) is 106 Å². The number of azide groups is 3. The van der Waals surface area contributed by atoms with Crippen LogP contribution in [-0.4, -0.2) is 147 Å². The van der Waals surface area contributed by atoms with Crippen molar-refractivity contribution < 1.29 is 76.4 Å². The average Bonchev–Trinajstić information content (AvgIpc) is 3.38. The molecule has 5 heterocycles. The summed E-state index contributed by atoms with van der Waals surface area (Å²) >= 11 is 0. The standard InChI is InChI=1S/C48H73N9O14.CO2/c1-13-30-21(4)22(5)33(52-55-49)45(63-30)70-40-25(8)36(59)47(71-42(40)27(10)58)68-38-24(7)35(54-57-51)46(65-32(38)15-3)67-37-26(9)41(66-43(60)29-19-17-16-18-20-29)48(62-28(37)11)69-39-23(6)34(53-56-50)44(61-12)64-31(39)14-2;2-1-3/h16-26,28,30-42,44-48,59H,13-15H2,1-12H3;/t21-,22-,23+,24+,25+,26-,28?,30-,31?,32?,33?,34?,35?,36?,37-,38-,39-,40-,41?,42-,44-,45+,46+,47+,48+;/m0./s1. The van der Waals surface area contributed by atoms with Crippen LogP contribution in [0.4, 0.5) is 0 Å². The number of carbonyl (C=O) groups excluding carboxylic acids is 4. The molecule has 0 bridgehead atoms. The number of aliphatic hydroxyl groups excluding tert-OH is 1. The molecule has 8 unspecified atom stereocenters. The monoisotopic (exact) mass is 1040 g/mol. The van der Waals surface area contributed by atoms with Crippen LogP contribution in [0.5, 0.6) is 0 Å². The molecular formula is C49H73N9O16. The van der Waals surface area contributed by atoms with Crippen LogP contribution in [0.15, 0.2) is 45.7 Å². The van der Waals surface area contributed by atoms with Gasteiger partial charge >= 0.3 is 12.1 Å². The maximum absolute atomic E-state index is 13.8. The maximum Gasteiger partial charge on any atom is 0.373 e. The first-order chi connectivity index (χ1) is 35.4. The summed E-state index contributed by atoms with van der Waals surface area (Å²) in [5.74, 6) is -3.43. The SMILES string of the molecule is CCC1O[C@H](O[C@@H]2C(C)O[C@H](O[C@@H]3C(CC)O[C@H](OC)C(N=[N+]=[N-])[C@H]3C)C(OC(=O)c3ccccc3)[C@H]2C)C(N=[N+]=[N-])[C@@H](C)[C@@H]1O[C@@H]1O[C@@H](C(C)=O)[C@@H](O[C@H]2O[C@@H](CC)[C@@H](C)[C@H](C)C2N=[N+]=[N-])[C@H](C)C1O.O=C=O. The van der Waals surface area contributed by atoms with Crippen LogP contribution < -0.4 is 0 Å². The van der Waals surface area contributed by atoms with Crippen molar-refractivity contribution in [2.24, 2.45) is 50.9 Å². The molecule has 5 aliphatic rings. The van der Waals surface area contributed by atoms with E-state index in [9.17, 15) is 31.3 Å². The molecule has 5 aliphatic heterocycles. The Morgan fingerprint density at radius 2 is 1.04 bits per heavy atom. The molecule has 410 valence electrons. The molecule has 25 atom stereocenters. The van der Waals surface area contributed by atoms with E-state index in [1.807, 2.05) is 55.4 Å². The second-order valence-electron chi connectivity index (χ2n) is 19.8. The third-order valence-corrected chi connectivity index (χ3v) is 15.4. The molecule has 25 nitrogen and oxygen atoms in total. The van der Waals surface area contributed by atoms with Crippen molar-refractivity contribution >= 4 is 17.9 Å². The van der Waals surface area contributed by atoms with E-state index in [0.717, 1.165) is 0 Å². The summed E-state index contributed by atoms with van der Waals surface area (Å²) in [5, 5.41) is 24.0. The van der Waals surface area contributed by atoms with E-state index in [4.69, 9.17) is 61.7 Å². The number of Topliss-reactive ketones (excluding diaryl/α,β-unsaturated/α-hetero) is 1. The van der Waals surface area contributed by atoms with E-state index in [-0.39, 0.29) is 29.9 Å². The van der Waals surface area contributed by atoms with Crippen molar-refractivity contribution in [2.75, 3.05) is 7.11 Å². The summed E-state index contributed by atoms with van der Waals surface area (Å²) in [6, 6.07) is 6.06. The topological polar surface area (TPSA) is 336 Å². The molecule has 0 saturated carbocycles. The summed E-state index contributed by atoms with van der Waals surface area (Å²) in [4.78, 5) is 52.6. The molecule has 74 heavy (non-hydrogen) atoms. The number of aliphatic hydroxyl groups is 1. The van der Waals surface area contributed by atoms with Crippen molar-refractivity contribution in [3.8, 4) is 0 Å². The van der Waals surface area contributed by atoms with Gasteiger partial charge in [0.1, 0.15) is 12.2 Å². The lowest BCUT2D eigenvalue weighted by Gasteiger charge is -2.51. The fourth-order valence-electron chi connectivity index (χ4n) is 10.9. The molecular weight excluding hydrogens is 971 g/mol. The molecule has 0 aromatic heterocycles. The van der Waals surface area contributed by atoms with Gasteiger partial charge in [-0.25, -0.2) is 4.79 Å². The Hall–Kier alpha value is -4.77. The molecule has 0 radical (unpaired) electrons. The van der Waals surface area contributed by atoms with Crippen molar-refractivity contribution in [2.45, 2.75) is 212 Å².